The summed E-state index contributed by atoms with van der Waals surface area (Å²) >= 11 is 0. The number of amides is 2. The molecule has 0 bridgehead atoms. The van der Waals surface area contributed by atoms with Crippen molar-refractivity contribution in [2.24, 2.45) is 5.92 Å². The molecule has 1 fully saturated rings. The first-order chi connectivity index (χ1) is 13.1. The number of nitrogens with zero attached hydrogens (tertiary/aromatic N) is 1. The topological polar surface area (TPSA) is 105 Å². The van der Waals surface area contributed by atoms with Gasteiger partial charge in [0.2, 0.25) is 10.0 Å². The largest absolute Gasteiger partial charge is 0.360 e. The lowest BCUT2D eigenvalue weighted by Crippen LogP contribution is -2.53. The molecule has 8 nitrogen and oxygen atoms in total. The number of benzene rings is 1. The SMILES string of the molecule is Cc1cc(S(=O)(=O)N2CCCOC2CNC(=O)C(=O)NCC(C)C)ccc1F. The van der Waals surface area contributed by atoms with Gasteiger partial charge in [0.15, 0.2) is 0 Å². The summed E-state index contributed by atoms with van der Waals surface area (Å²) in [5.74, 6) is -1.94. The monoisotopic (exact) mass is 415 g/mol. The first-order valence-electron chi connectivity index (χ1n) is 9.08. The first kappa shape index (κ1) is 22.3. The van der Waals surface area contributed by atoms with E-state index in [1.165, 1.54) is 19.1 Å². The molecule has 28 heavy (non-hydrogen) atoms. The van der Waals surface area contributed by atoms with Crippen LogP contribution < -0.4 is 10.6 Å². The van der Waals surface area contributed by atoms with Gasteiger partial charge in [-0.2, -0.15) is 4.31 Å². The maximum Gasteiger partial charge on any atom is 0.309 e. The van der Waals surface area contributed by atoms with Crippen LogP contribution in [0.2, 0.25) is 0 Å². The Bertz CT molecular complexity index is 829. The van der Waals surface area contributed by atoms with Gasteiger partial charge < -0.3 is 15.4 Å². The van der Waals surface area contributed by atoms with Crippen molar-refractivity contribution in [3.8, 4) is 0 Å². The molecule has 0 radical (unpaired) electrons. The third kappa shape index (κ3) is 5.49. The van der Waals surface area contributed by atoms with Crippen molar-refractivity contribution in [1.82, 2.24) is 14.9 Å². The van der Waals surface area contributed by atoms with Gasteiger partial charge in [0.25, 0.3) is 0 Å². The highest BCUT2D eigenvalue weighted by atomic mass is 32.2. The minimum atomic E-state index is -3.95. The van der Waals surface area contributed by atoms with Crippen LogP contribution in [-0.4, -0.2) is 57.0 Å². The van der Waals surface area contributed by atoms with E-state index in [9.17, 15) is 22.4 Å². The summed E-state index contributed by atoms with van der Waals surface area (Å²) in [7, 11) is -3.95. The van der Waals surface area contributed by atoms with Crippen LogP contribution in [-0.2, 0) is 24.3 Å². The lowest BCUT2D eigenvalue weighted by Gasteiger charge is -2.34. The molecular weight excluding hydrogens is 389 g/mol. The summed E-state index contributed by atoms with van der Waals surface area (Å²) in [6.07, 6.45) is -0.468. The van der Waals surface area contributed by atoms with Crippen molar-refractivity contribution >= 4 is 21.8 Å². The molecule has 0 aromatic heterocycles. The van der Waals surface area contributed by atoms with Crippen molar-refractivity contribution in [3.05, 3.63) is 29.6 Å². The van der Waals surface area contributed by atoms with Crippen LogP contribution in [0.4, 0.5) is 4.39 Å². The maximum atomic E-state index is 13.5. The summed E-state index contributed by atoms with van der Waals surface area (Å²) in [5, 5.41) is 4.90. The Balaban J connectivity index is 2.08. The van der Waals surface area contributed by atoms with E-state index in [-0.39, 0.29) is 29.5 Å². The number of nitrogens with one attached hydrogen (secondary N) is 2. The second-order valence-corrected chi connectivity index (χ2v) is 8.91. The second-order valence-electron chi connectivity index (χ2n) is 7.02. The van der Waals surface area contributed by atoms with Crippen molar-refractivity contribution in [2.45, 2.75) is 38.3 Å². The Kier molecular flexibility index (Phi) is 7.50. The van der Waals surface area contributed by atoms with Crippen molar-refractivity contribution in [3.63, 3.8) is 0 Å². The van der Waals surface area contributed by atoms with Gasteiger partial charge in [-0.05, 0) is 43.0 Å². The predicted molar refractivity (Wildman–Crippen MR) is 100 cm³/mol. The zero-order valence-electron chi connectivity index (χ0n) is 16.2. The molecule has 1 saturated heterocycles. The minimum Gasteiger partial charge on any atom is -0.360 e. The van der Waals surface area contributed by atoms with Gasteiger partial charge in [-0.3, -0.25) is 9.59 Å². The number of halogens is 1. The Labute approximate surface area is 164 Å². The number of carbonyl (C=O) groups is 2. The summed E-state index contributed by atoms with van der Waals surface area (Å²) in [6.45, 7) is 5.98. The van der Waals surface area contributed by atoms with E-state index < -0.39 is 33.9 Å². The minimum absolute atomic E-state index is 0.0529. The first-order valence-corrected chi connectivity index (χ1v) is 10.5. The van der Waals surface area contributed by atoms with Crippen molar-refractivity contribution in [1.29, 1.82) is 0 Å². The summed E-state index contributed by atoms with van der Waals surface area (Å²) in [5.41, 5.74) is 0.214. The average molecular weight is 415 g/mol. The molecule has 0 spiro atoms. The standard InChI is InChI=1S/C18H26FN3O5S/c1-12(2)10-20-17(23)18(24)21-11-16-22(7-4-8-27-16)28(25,26)14-5-6-15(19)13(3)9-14/h5-6,9,12,16H,4,7-8,10-11H2,1-3H3,(H,20,23)(H,21,24). The summed E-state index contributed by atoms with van der Waals surface area (Å²) in [4.78, 5) is 23.6. The van der Waals surface area contributed by atoms with Crippen LogP contribution in [0.5, 0.6) is 0 Å². The van der Waals surface area contributed by atoms with Gasteiger partial charge in [-0.1, -0.05) is 13.8 Å². The number of ether oxygens (including phenoxy) is 1. The molecule has 1 unspecified atom stereocenters. The van der Waals surface area contributed by atoms with Gasteiger partial charge in [-0.15, -0.1) is 0 Å². The van der Waals surface area contributed by atoms with Crippen molar-refractivity contribution in [2.75, 3.05) is 26.2 Å². The second kappa shape index (κ2) is 9.44. The molecule has 2 amide bonds. The van der Waals surface area contributed by atoms with Crippen LogP contribution in [0, 0.1) is 18.7 Å². The van der Waals surface area contributed by atoms with Gasteiger partial charge >= 0.3 is 11.8 Å². The molecule has 1 heterocycles. The summed E-state index contributed by atoms with van der Waals surface area (Å²) in [6, 6.07) is 3.55. The average Bonchev–Trinajstić information content (AvgIpc) is 2.66. The Morgan fingerprint density at radius 1 is 1.29 bits per heavy atom. The van der Waals surface area contributed by atoms with Crippen LogP contribution in [0.1, 0.15) is 25.8 Å². The van der Waals surface area contributed by atoms with Crippen molar-refractivity contribution < 1.29 is 27.1 Å². The quantitative estimate of drug-likeness (QED) is 0.668. The molecular formula is C18H26FN3O5S. The third-order valence-electron chi connectivity index (χ3n) is 4.20. The zero-order chi connectivity index (χ0) is 20.9. The summed E-state index contributed by atoms with van der Waals surface area (Å²) < 4.78 is 46.0. The van der Waals surface area contributed by atoms with E-state index in [0.29, 0.717) is 19.6 Å². The van der Waals surface area contributed by atoms with E-state index in [1.807, 2.05) is 13.8 Å². The zero-order valence-corrected chi connectivity index (χ0v) is 17.0. The lowest BCUT2D eigenvalue weighted by molar-refractivity contribution is -0.140. The molecule has 156 valence electrons. The number of hydrogen-bond donors (Lipinski definition) is 2. The molecule has 1 aliphatic heterocycles. The maximum absolute atomic E-state index is 13.5. The number of rotatable bonds is 6. The van der Waals surface area contributed by atoms with Crippen LogP contribution in [0.15, 0.2) is 23.1 Å². The van der Waals surface area contributed by atoms with E-state index in [2.05, 4.69) is 10.6 Å². The number of aryl methyl sites for hydroxylation is 1. The molecule has 1 aromatic rings. The smallest absolute Gasteiger partial charge is 0.309 e. The molecule has 1 aromatic carbocycles. The molecule has 10 heteroatoms. The Morgan fingerprint density at radius 3 is 2.61 bits per heavy atom. The molecule has 2 N–H and O–H groups in total. The van der Waals surface area contributed by atoms with E-state index >= 15 is 0 Å². The fourth-order valence-electron chi connectivity index (χ4n) is 2.65. The van der Waals surface area contributed by atoms with Crippen LogP contribution in [0.25, 0.3) is 0 Å². The van der Waals surface area contributed by atoms with Gasteiger partial charge in [0, 0.05) is 13.1 Å². The van der Waals surface area contributed by atoms with Gasteiger partial charge in [0.1, 0.15) is 12.0 Å². The fraction of sp³-hybridized carbons (Fsp3) is 0.556. The van der Waals surface area contributed by atoms with Gasteiger partial charge in [0.05, 0.1) is 18.0 Å². The van der Waals surface area contributed by atoms with E-state index in [4.69, 9.17) is 4.74 Å². The number of carbonyl (C=O) groups excluding carboxylic acids is 2. The third-order valence-corrected chi connectivity index (χ3v) is 6.09. The number of hydrogen-bond acceptors (Lipinski definition) is 5. The predicted octanol–water partition coefficient (Wildman–Crippen LogP) is 0.760. The van der Waals surface area contributed by atoms with Crippen LogP contribution in [0.3, 0.4) is 0 Å². The molecule has 1 atom stereocenters. The van der Waals surface area contributed by atoms with Gasteiger partial charge in [-0.25, -0.2) is 12.8 Å². The van der Waals surface area contributed by atoms with E-state index in [1.54, 1.807) is 0 Å². The normalized spacial score (nSPS) is 18.1. The molecule has 0 saturated carbocycles. The highest BCUT2D eigenvalue weighted by Gasteiger charge is 2.35. The fourth-order valence-corrected chi connectivity index (χ4v) is 4.30. The lowest BCUT2D eigenvalue weighted by atomic mass is 10.2. The Morgan fingerprint density at radius 2 is 1.96 bits per heavy atom. The molecule has 0 aliphatic carbocycles. The Hall–Kier alpha value is -2.04. The highest BCUT2D eigenvalue weighted by molar-refractivity contribution is 7.89. The van der Waals surface area contributed by atoms with Crippen LogP contribution >= 0.6 is 0 Å². The molecule has 1 aliphatic rings. The van der Waals surface area contributed by atoms with E-state index in [0.717, 1.165) is 10.4 Å². The molecule has 2 rings (SSSR count). The number of sulfonamides is 1. The highest BCUT2D eigenvalue weighted by Crippen LogP contribution is 2.23.